The maximum atomic E-state index is 12.4. The van der Waals surface area contributed by atoms with Crippen LogP contribution in [0.3, 0.4) is 0 Å². The zero-order valence-electron chi connectivity index (χ0n) is 14.8. The zero-order chi connectivity index (χ0) is 18.1. The quantitative estimate of drug-likeness (QED) is 0.760. The van der Waals surface area contributed by atoms with Gasteiger partial charge in [-0.15, -0.1) is 11.3 Å². The first-order valence-electron chi connectivity index (χ1n) is 8.66. The number of hydrogen-bond acceptors (Lipinski definition) is 4. The number of fused-ring (bicyclic) bond motifs is 1. The number of nitrogens with zero attached hydrogens (tertiary/aromatic N) is 1. The molecule has 0 radical (unpaired) electrons. The van der Waals surface area contributed by atoms with E-state index in [-0.39, 0.29) is 5.91 Å². The lowest BCUT2D eigenvalue weighted by Crippen LogP contribution is -2.24. The second-order valence-electron chi connectivity index (χ2n) is 6.48. The molecule has 0 aliphatic carbocycles. The van der Waals surface area contributed by atoms with Crippen LogP contribution in [0.25, 0.3) is 10.6 Å². The number of amides is 1. The fraction of sp³-hybridized carbons (Fsp3) is 0.238. The smallest absolute Gasteiger partial charge is 0.255 e. The first-order valence-corrected chi connectivity index (χ1v) is 9.54. The van der Waals surface area contributed by atoms with Crippen LogP contribution in [-0.4, -0.2) is 24.0 Å². The van der Waals surface area contributed by atoms with E-state index in [0.29, 0.717) is 18.7 Å². The highest BCUT2D eigenvalue weighted by Crippen LogP contribution is 2.32. The summed E-state index contributed by atoms with van der Waals surface area (Å²) in [6.07, 6.45) is 2.61. The minimum atomic E-state index is -0.0547. The number of hydrogen-bond donors (Lipinski definition) is 1. The van der Waals surface area contributed by atoms with Gasteiger partial charge in [-0.1, -0.05) is 24.3 Å². The summed E-state index contributed by atoms with van der Waals surface area (Å²) in [6.45, 7) is 5.18. The fourth-order valence-corrected chi connectivity index (χ4v) is 3.91. The van der Waals surface area contributed by atoms with Gasteiger partial charge in [0, 0.05) is 17.1 Å². The van der Waals surface area contributed by atoms with Gasteiger partial charge in [-0.3, -0.25) is 4.79 Å². The van der Waals surface area contributed by atoms with E-state index in [1.165, 1.54) is 11.1 Å². The van der Waals surface area contributed by atoms with Crippen molar-refractivity contribution in [3.8, 4) is 16.3 Å². The van der Waals surface area contributed by atoms with Gasteiger partial charge < -0.3 is 10.1 Å². The number of nitrogens with one attached hydrogen (secondary N) is 1. The molecule has 132 valence electrons. The van der Waals surface area contributed by atoms with E-state index < -0.39 is 0 Å². The Hall–Kier alpha value is -2.66. The molecule has 3 aromatic rings. The molecule has 0 saturated heterocycles. The van der Waals surface area contributed by atoms with Gasteiger partial charge in [0.05, 0.1) is 12.1 Å². The van der Waals surface area contributed by atoms with E-state index in [1.54, 1.807) is 11.3 Å². The Labute approximate surface area is 156 Å². The summed E-state index contributed by atoms with van der Waals surface area (Å²) in [6, 6.07) is 10.5. The van der Waals surface area contributed by atoms with Gasteiger partial charge in [0.15, 0.2) is 0 Å². The molecular weight excluding hydrogens is 344 g/mol. The maximum absolute atomic E-state index is 12.4. The van der Waals surface area contributed by atoms with Gasteiger partial charge in [0.25, 0.3) is 5.91 Å². The van der Waals surface area contributed by atoms with Crippen molar-refractivity contribution in [2.45, 2.75) is 20.3 Å². The zero-order valence-corrected chi connectivity index (χ0v) is 15.7. The van der Waals surface area contributed by atoms with E-state index >= 15 is 0 Å². The van der Waals surface area contributed by atoms with Crippen LogP contribution in [0.5, 0.6) is 5.75 Å². The molecule has 0 fully saturated rings. The van der Waals surface area contributed by atoms with E-state index in [9.17, 15) is 4.79 Å². The van der Waals surface area contributed by atoms with Crippen LogP contribution in [0.4, 0.5) is 0 Å². The molecule has 0 bridgehead atoms. The molecule has 1 aliphatic rings. The molecule has 2 heterocycles. The van der Waals surface area contributed by atoms with Gasteiger partial charge in [0.1, 0.15) is 17.4 Å². The molecule has 1 aliphatic heterocycles. The molecule has 1 amide bonds. The standard InChI is InChI=1S/C21H20N2O2S/c1-13-14(2)19-18(20(24)22-7-9-25-19)12-17(13)11-15-3-5-16(6-4-15)21-23-8-10-26-21/h3-6,8,10,12H,7,9,11H2,1-2H3,(H,22,24). The normalized spacial score (nSPS) is 13.5. The highest BCUT2D eigenvalue weighted by Gasteiger charge is 2.21. The van der Waals surface area contributed by atoms with Crippen LogP contribution in [0.1, 0.15) is 32.6 Å². The number of carbonyl (C=O) groups excluding carboxylic acids is 1. The summed E-state index contributed by atoms with van der Waals surface area (Å²) < 4.78 is 5.80. The third kappa shape index (κ3) is 3.10. The first kappa shape index (κ1) is 16.8. The number of benzene rings is 2. The number of rotatable bonds is 3. The van der Waals surface area contributed by atoms with Crippen molar-refractivity contribution in [1.82, 2.24) is 10.3 Å². The van der Waals surface area contributed by atoms with Crippen LogP contribution in [0.2, 0.25) is 0 Å². The molecule has 2 aromatic carbocycles. The molecule has 0 atom stereocenters. The largest absolute Gasteiger partial charge is 0.491 e. The molecule has 1 N–H and O–H groups in total. The van der Waals surface area contributed by atoms with Crippen molar-refractivity contribution in [3.05, 3.63) is 69.7 Å². The average molecular weight is 364 g/mol. The Bertz CT molecular complexity index is 947. The molecule has 0 saturated carbocycles. The number of aromatic nitrogens is 1. The second kappa shape index (κ2) is 6.92. The SMILES string of the molecule is Cc1c(Cc2ccc(-c3nccs3)cc2)cc2c(c1C)OCCNC2=O. The molecule has 0 spiro atoms. The van der Waals surface area contributed by atoms with Crippen LogP contribution >= 0.6 is 11.3 Å². The Morgan fingerprint density at radius 1 is 1.19 bits per heavy atom. The second-order valence-corrected chi connectivity index (χ2v) is 7.37. The van der Waals surface area contributed by atoms with Crippen molar-refractivity contribution in [2.24, 2.45) is 0 Å². The van der Waals surface area contributed by atoms with E-state index in [2.05, 4.69) is 41.5 Å². The lowest BCUT2D eigenvalue weighted by atomic mass is 9.93. The maximum Gasteiger partial charge on any atom is 0.255 e. The van der Waals surface area contributed by atoms with Crippen molar-refractivity contribution < 1.29 is 9.53 Å². The fourth-order valence-electron chi connectivity index (χ4n) is 3.26. The minimum Gasteiger partial charge on any atom is -0.491 e. The topological polar surface area (TPSA) is 51.2 Å². The summed E-state index contributed by atoms with van der Waals surface area (Å²) in [5, 5.41) is 5.91. The summed E-state index contributed by atoms with van der Waals surface area (Å²) in [5.41, 5.74) is 6.37. The minimum absolute atomic E-state index is 0.0547. The molecule has 4 nitrogen and oxygen atoms in total. The van der Waals surface area contributed by atoms with E-state index in [1.807, 2.05) is 24.6 Å². The van der Waals surface area contributed by atoms with Gasteiger partial charge in [-0.05, 0) is 48.6 Å². The first-order chi connectivity index (χ1) is 12.6. The van der Waals surface area contributed by atoms with Gasteiger partial charge in [0.2, 0.25) is 0 Å². The summed E-state index contributed by atoms with van der Waals surface area (Å²) in [7, 11) is 0. The van der Waals surface area contributed by atoms with Gasteiger partial charge in [-0.2, -0.15) is 0 Å². The molecule has 26 heavy (non-hydrogen) atoms. The molecule has 4 rings (SSSR count). The Balaban J connectivity index is 1.66. The van der Waals surface area contributed by atoms with Gasteiger partial charge >= 0.3 is 0 Å². The van der Waals surface area contributed by atoms with Crippen LogP contribution < -0.4 is 10.1 Å². The van der Waals surface area contributed by atoms with E-state index in [4.69, 9.17) is 4.74 Å². The molecule has 5 heteroatoms. The number of ether oxygens (including phenoxy) is 1. The molecule has 1 aromatic heterocycles. The third-order valence-corrected chi connectivity index (χ3v) is 5.68. The summed E-state index contributed by atoms with van der Waals surface area (Å²) in [4.78, 5) is 16.7. The predicted octanol–water partition coefficient (Wildman–Crippen LogP) is 4.14. The van der Waals surface area contributed by atoms with E-state index in [0.717, 1.165) is 33.9 Å². The van der Waals surface area contributed by atoms with Gasteiger partial charge in [-0.25, -0.2) is 4.98 Å². The van der Waals surface area contributed by atoms with Crippen molar-refractivity contribution >= 4 is 17.2 Å². The number of thiazole rings is 1. The monoisotopic (exact) mass is 364 g/mol. The molecular formula is C21H20N2O2S. The highest BCUT2D eigenvalue weighted by molar-refractivity contribution is 7.13. The summed E-state index contributed by atoms with van der Waals surface area (Å²) in [5.74, 6) is 0.668. The van der Waals surface area contributed by atoms with Crippen molar-refractivity contribution in [3.63, 3.8) is 0 Å². The highest BCUT2D eigenvalue weighted by atomic mass is 32.1. The van der Waals surface area contributed by atoms with Crippen molar-refractivity contribution in [1.29, 1.82) is 0 Å². The summed E-state index contributed by atoms with van der Waals surface area (Å²) >= 11 is 1.64. The Morgan fingerprint density at radius 2 is 2.00 bits per heavy atom. The Morgan fingerprint density at radius 3 is 2.73 bits per heavy atom. The Kier molecular flexibility index (Phi) is 4.47. The van der Waals surface area contributed by atoms with Crippen LogP contribution in [0.15, 0.2) is 41.9 Å². The lowest BCUT2D eigenvalue weighted by molar-refractivity contribution is 0.0957. The lowest BCUT2D eigenvalue weighted by Gasteiger charge is -2.16. The number of carbonyl (C=O) groups is 1. The third-order valence-electron chi connectivity index (χ3n) is 4.85. The van der Waals surface area contributed by atoms with Crippen LogP contribution in [-0.2, 0) is 6.42 Å². The predicted molar refractivity (Wildman–Crippen MR) is 104 cm³/mol. The average Bonchev–Trinajstić information content (AvgIpc) is 3.12. The van der Waals surface area contributed by atoms with Crippen molar-refractivity contribution in [2.75, 3.05) is 13.2 Å². The van der Waals surface area contributed by atoms with Crippen LogP contribution in [0, 0.1) is 13.8 Å². The molecule has 0 unspecified atom stereocenters.